The van der Waals surface area contributed by atoms with Crippen molar-refractivity contribution in [2.75, 3.05) is 0 Å². The van der Waals surface area contributed by atoms with Gasteiger partial charge >= 0.3 is 0 Å². The minimum atomic E-state index is 0.580. The molecule has 3 aromatic heterocycles. The Labute approximate surface area is 102 Å². The van der Waals surface area contributed by atoms with Crippen LogP contribution in [0.25, 0.3) is 16.0 Å². The zero-order valence-electron chi connectivity index (χ0n) is 9.08. The summed E-state index contributed by atoms with van der Waals surface area (Å²) in [6.45, 7) is 2.02. The lowest BCUT2D eigenvalue weighted by Gasteiger charge is -2.04. The summed E-state index contributed by atoms with van der Waals surface area (Å²) in [6, 6.07) is 5.77. The third kappa shape index (κ3) is 1.42. The monoisotopic (exact) mass is 240 g/mol. The van der Waals surface area contributed by atoms with E-state index in [1.54, 1.807) is 28.3 Å². The van der Waals surface area contributed by atoms with Crippen LogP contribution in [0.15, 0.2) is 30.0 Å². The van der Waals surface area contributed by atoms with E-state index in [1.807, 2.05) is 19.2 Å². The fourth-order valence-corrected chi connectivity index (χ4v) is 2.77. The third-order valence-electron chi connectivity index (χ3n) is 2.60. The number of rotatable bonds is 1. The molecule has 0 bridgehead atoms. The van der Waals surface area contributed by atoms with Crippen LogP contribution in [-0.2, 0) is 0 Å². The number of hydrogen-bond acceptors (Lipinski definition) is 4. The molecule has 0 saturated carbocycles. The maximum absolute atomic E-state index is 9.04. The molecule has 17 heavy (non-hydrogen) atoms. The predicted octanol–water partition coefficient (Wildman–Crippen LogP) is 2.66. The van der Waals surface area contributed by atoms with Crippen molar-refractivity contribution in [2.24, 2.45) is 0 Å². The normalized spacial score (nSPS) is 10.6. The molecular weight excluding hydrogens is 232 g/mol. The number of nitrogens with zero attached hydrogens (tertiary/aromatic N) is 4. The Kier molecular flexibility index (Phi) is 2.16. The number of hydrogen-bond donors (Lipinski definition) is 0. The first-order valence-corrected chi connectivity index (χ1v) is 5.96. The Balaban J connectivity index is 2.35. The summed E-state index contributed by atoms with van der Waals surface area (Å²) in [7, 11) is 0. The second-order valence-corrected chi connectivity index (χ2v) is 4.55. The molecule has 82 valence electrons. The zero-order valence-corrected chi connectivity index (χ0v) is 9.90. The highest BCUT2D eigenvalue weighted by Crippen LogP contribution is 2.28. The molecule has 0 aliphatic carbocycles. The van der Waals surface area contributed by atoms with E-state index in [0.717, 1.165) is 21.6 Å². The van der Waals surface area contributed by atoms with Crippen LogP contribution in [0, 0.1) is 18.3 Å². The quantitative estimate of drug-likeness (QED) is 0.657. The first-order chi connectivity index (χ1) is 8.31. The van der Waals surface area contributed by atoms with E-state index in [4.69, 9.17) is 5.26 Å². The minimum Gasteiger partial charge on any atom is -0.291 e. The van der Waals surface area contributed by atoms with E-state index in [9.17, 15) is 0 Å². The Morgan fingerprint density at radius 1 is 1.41 bits per heavy atom. The van der Waals surface area contributed by atoms with Gasteiger partial charge in [0.15, 0.2) is 5.82 Å². The molecular formula is C12H8N4S. The molecule has 0 radical (unpaired) electrons. The average molecular weight is 240 g/mol. The smallest absolute Gasteiger partial charge is 0.159 e. The Hall–Kier alpha value is -2.19. The molecule has 0 atom stereocenters. The lowest BCUT2D eigenvalue weighted by atomic mass is 10.3. The van der Waals surface area contributed by atoms with Crippen LogP contribution in [0.3, 0.4) is 0 Å². The summed E-state index contributed by atoms with van der Waals surface area (Å²) in [5, 5.41) is 11.1. The van der Waals surface area contributed by atoms with Gasteiger partial charge in [0.2, 0.25) is 0 Å². The van der Waals surface area contributed by atoms with E-state index in [-0.39, 0.29) is 0 Å². The van der Waals surface area contributed by atoms with E-state index >= 15 is 0 Å². The van der Waals surface area contributed by atoms with Gasteiger partial charge in [0.05, 0.1) is 10.2 Å². The van der Waals surface area contributed by atoms with Gasteiger partial charge in [-0.05, 0) is 30.0 Å². The number of nitriles is 1. The highest BCUT2D eigenvalue weighted by Gasteiger charge is 2.11. The van der Waals surface area contributed by atoms with Gasteiger partial charge in [0, 0.05) is 6.20 Å². The summed E-state index contributed by atoms with van der Waals surface area (Å²) in [6.07, 6.45) is 3.38. The highest BCUT2D eigenvalue weighted by atomic mass is 32.1. The number of thiophene rings is 1. The third-order valence-corrected chi connectivity index (χ3v) is 3.69. The topological polar surface area (TPSA) is 54.5 Å². The van der Waals surface area contributed by atoms with Gasteiger partial charge in [-0.3, -0.25) is 4.57 Å². The zero-order chi connectivity index (χ0) is 11.8. The average Bonchev–Trinajstić information content (AvgIpc) is 2.96. The maximum atomic E-state index is 9.04. The molecule has 3 aromatic rings. The molecule has 0 spiro atoms. The van der Waals surface area contributed by atoms with E-state index in [1.165, 1.54) is 0 Å². The molecule has 4 nitrogen and oxygen atoms in total. The molecule has 0 N–H and O–H groups in total. The molecule has 5 heteroatoms. The fraction of sp³-hybridized carbons (Fsp3) is 0.0833. The van der Waals surface area contributed by atoms with Gasteiger partial charge in [0.1, 0.15) is 18.1 Å². The lowest BCUT2D eigenvalue weighted by Crippen LogP contribution is -1.99. The Morgan fingerprint density at radius 3 is 3.12 bits per heavy atom. The van der Waals surface area contributed by atoms with Gasteiger partial charge in [-0.15, -0.1) is 11.3 Å². The molecule has 0 aliphatic rings. The van der Waals surface area contributed by atoms with Crippen LogP contribution in [-0.4, -0.2) is 14.5 Å². The highest BCUT2D eigenvalue weighted by molar-refractivity contribution is 7.17. The van der Waals surface area contributed by atoms with Gasteiger partial charge in [-0.2, -0.15) is 5.26 Å². The molecule has 0 unspecified atom stereocenters. The van der Waals surface area contributed by atoms with E-state index in [0.29, 0.717) is 5.69 Å². The molecule has 0 fully saturated rings. The van der Waals surface area contributed by atoms with Gasteiger partial charge in [-0.1, -0.05) is 0 Å². The van der Waals surface area contributed by atoms with Crippen LogP contribution in [0.5, 0.6) is 0 Å². The predicted molar refractivity (Wildman–Crippen MR) is 66.2 cm³/mol. The second kappa shape index (κ2) is 3.68. The first kappa shape index (κ1) is 10.00. The first-order valence-electron chi connectivity index (χ1n) is 5.08. The van der Waals surface area contributed by atoms with Crippen LogP contribution in [0.2, 0.25) is 0 Å². The van der Waals surface area contributed by atoms with Crippen molar-refractivity contribution in [3.63, 3.8) is 0 Å². The summed E-state index contributed by atoms with van der Waals surface area (Å²) in [5.74, 6) is 0.773. The summed E-state index contributed by atoms with van der Waals surface area (Å²) in [5.41, 5.74) is 2.67. The van der Waals surface area contributed by atoms with E-state index < -0.39 is 0 Å². The van der Waals surface area contributed by atoms with Crippen LogP contribution >= 0.6 is 11.3 Å². The molecule has 0 saturated heterocycles. The van der Waals surface area contributed by atoms with Gasteiger partial charge < -0.3 is 0 Å². The minimum absolute atomic E-state index is 0.580. The van der Waals surface area contributed by atoms with Crippen molar-refractivity contribution < 1.29 is 0 Å². The van der Waals surface area contributed by atoms with Crippen molar-refractivity contribution in [3.05, 3.63) is 41.3 Å². The van der Waals surface area contributed by atoms with Crippen LogP contribution in [0.4, 0.5) is 0 Å². The fourth-order valence-electron chi connectivity index (χ4n) is 1.79. The molecule has 0 aliphatic heterocycles. The summed E-state index contributed by atoms with van der Waals surface area (Å²) >= 11 is 1.60. The molecule has 3 heterocycles. The van der Waals surface area contributed by atoms with Crippen LogP contribution < -0.4 is 0 Å². The van der Waals surface area contributed by atoms with Crippen molar-refractivity contribution in [2.45, 2.75) is 6.92 Å². The molecule has 0 aromatic carbocycles. The van der Waals surface area contributed by atoms with E-state index in [2.05, 4.69) is 21.4 Å². The number of aromatic nitrogens is 3. The largest absolute Gasteiger partial charge is 0.291 e. The molecule has 0 amide bonds. The maximum Gasteiger partial charge on any atom is 0.159 e. The van der Waals surface area contributed by atoms with Crippen molar-refractivity contribution in [3.8, 4) is 11.9 Å². The SMILES string of the molecule is Cc1csc2c(-n3cccc3C#N)ncnc12. The van der Waals surface area contributed by atoms with Gasteiger partial charge in [-0.25, -0.2) is 9.97 Å². The second-order valence-electron chi connectivity index (χ2n) is 3.67. The van der Waals surface area contributed by atoms with Crippen LogP contribution in [0.1, 0.15) is 11.3 Å². The lowest BCUT2D eigenvalue weighted by molar-refractivity contribution is 0.991. The van der Waals surface area contributed by atoms with Crippen molar-refractivity contribution in [1.82, 2.24) is 14.5 Å². The Bertz CT molecular complexity index is 732. The number of fused-ring (bicyclic) bond motifs is 1. The van der Waals surface area contributed by atoms with Crippen molar-refractivity contribution >= 4 is 21.6 Å². The Morgan fingerprint density at radius 2 is 2.29 bits per heavy atom. The standard InChI is InChI=1S/C12H8N4S/c1-8-6-17-11-10(8)14-7-15-12(11)16-4-2-3-9(16)5-13/h2-4,6-7H,1H3. The summed E-state index contributed by atoms with van der Waals surface area (Å²) < 4.78 is 2.80. The summed E-state index contributed by atoms with van der Waals surface area (Å²) in [4.78, 5) is 8.55. The van der Waals surface area contributed by atoms with Gasteiger partial charge in [0.25, 0.3) is 0 Å². The van der Waals surface area contributed by atoms with Crippen molar-refractivity contribution in [1.29, 1.82) is 5.26 Å². The number of aryl methyl sites for hydroxylation is 1. The molecule has 3 rings (SSSR count).